The third-order valence-corrected chi connectivity index (χ3v) is 2.13. The summed E-state index contributed by atoms with van der Waals surface area (Å²) in [5, 5.41) is 22.8. The van der Waals surface area contributed by atoms with E-state index in [0.29, 0.717) is 5.69 Å². The molecule has 1 atom stereocenters. The van der Waals surface area contributed by atoms with E-state index in [1.54, 1.807) is 0 Å². The molecule has 0 bridgehead atoms. The number of nitrogens with two attached hydrogens (primary N) is 1. The van der Waals surface area contributed by atoms with Crippen LogP contribution in [0.15, 0.2) is 18.2 Å². The van der Waals surface area contributed by atoms with Crippen molar-refractivity contribution in [3.63, 3.8) is 0 Å². The Balaban J connectivity index is 2.63. The molecular formula is C10H15N3O4. The van der Waals surface area contributed by atoms with E-state index in [0.717, 1.165) is 0 Å². The maximum absolute atomic E-state index is 10.5. The van der Waals surface area contributed by atoms with Gasteiger partial charge in [0.1, 0.15) is 0 Å². The average molecular weight is 241 g/mol. The number of non-ortho nitro benzene ring substituents is 1. The minimum Gasteiger partial charge on any atom is -0.397 e. The van der Waals surface area contributed by atoms with Crippen molar-refractivity contribution >= 4 is 17.1 Å². The molecule has 0 aromatic heterocycles. The molecule has 94 valence electrons. The number of rotatable bonds is 6. The molecule has 0 saturated heterocycles. The van der Waals surface area contributed by atoms with Gasteiger partial charge in [-0.15, -0.1) is 0 Å². The van der Waals surface area contributed by atoms with E-state index in [4.69, 9.17) is 10.5 Å². The molecule has 0 fully saturated rings. The number of nitrogen functional groups attached to an aromatic ring is 1. The van der Waals surface area contributed by atoms with Gasteiger partial charge in [0.05, 0.1) is 29.0 Å². The van der Waals surface area contributed by atoms with Gasteiger partial charge in [0, 0.05) is 25.8 Å². The molecule has 0 aliphatic heterocycles. The van der Waals surface area contributed by atoms with Crippen LogP contribution in [0.2, 0.25) is 0 Å². The van der Waals surface area contributed by atoms with Crippen LogP contribution < -0.4 is 11.1 Å². The van der Waals surface area contributed by atoms with Crippen LogP contribution in [0, 0.1) is 10.1 Å². The van der Waals surface area contributed by atoms with Crippen LogP contribution in [-0.2, 0) is 4.74 Å². The molecule has 7 nitrogen and oxygen atoms in total. The van der Waals surface area contributed by atoms with Crippen LogP contribution in [0.4, 0.5) is 17.1 Å². The lowest BCUT2D eigenvalue weighted by molar-refractivity contribution is -0.384. The Morgan fingerprint density at radius 3 is 2.88 bits per heavy atom. The molecule has 0 saturated carbocycles. The molecule has 0 amide bonds. The Bertz CT molecular complexity index is 397. The van der Waals surface area contributed by atoms with Crippen molar-refractivity contribution in [3.05, 3.63) is 28.3 Å². The smallest absolute Gasteiger partial charge is 0.271 e. The van der Waals surface area contributed by atoms with Gasteiger partial charge in [-0.1, -0.05) is 0 Å². The van der Waals surface area contributed by atoms with Crippen molar-refractivity contribution in [3.8, 4) is 0 Å². The van der Waals surface area contributed by atoms with Crippen LogP contribution in [0.5, 0.6) is 0 Å². The summed E-state index contributed by atoms with van der Waals surface area (Å²) in [6.45, 7) is 0.468. The Morgan fingerprint density at radius 2 is 2.35 bits per heavy atom. The van der Waals surface area contributed by atoms with Gasteiger partial charge in [-0.05, 0) is 6.07 Å². The standard InChI is InChI=1S/C10H15N3O4/c1-17-6-8(14)5-12-10-3-2-7(13(15)16)4-9(10)11/h2-4,8,12,14H,5-6,11H2,1H3. The second kappa shape index (κ2) is 6.02. The van der Waals surface area contributed by atoms with Gasteiger partial charge >= 0.3 is 0 Å². The van der Waals surface area contributed by atoms with Gasteiger partial charge in [-0.25, -0.2) is 0 Å². The number of hydrogen-bond donors (Lipinski definition) is 3. The fraction of sp³-hybridized carbons (Fsp3) is 0.400. The first kappa shape index (κ1) is 13.2. The summed E-state index contributed by atoms with van der Waals surface area (Å²) in [4.78, 5) is 9.97. The maximum Gasteiger partial charge on any atom is 0.271 e. The number of nitrogens with one attached hydrogen (secondary N) is 1. The van der Waals surface area contributed by atoms with Gasteiger partial charge in [0.25, 0.3) is 5.69 Å². The minimum atomic E-state index is -0.658. The summed E-state index contributed by atoms with van der Waals surface area (Å²) in [5.74, 6) is 0. The van der Waals surface area contributed by atoms with Gasteiger partial charge in [-0.3, -0.25) is 10.1 Å². The first-order chi connectivity index (χ1) is 8.04. The molecule has 0 radical (unpaired) electrons. The topological polar surface area (TPSA) is 111 Å². The van der Waals surface area contributed by atoms with Crippen molar-refractivity contribution in [2.24, 2.45) is 0 Å². The van der Waals surface area contributed by atoms with Gasteiger partial charge in [-0.2, -0.15) is 0 Å². The van der Waals surface area contributed by atoms with E-state index in [1.165, 1.54) is 25.3 Å². The zero-order valence-corrected chi connectivity index (χ0v) is 9.42. The highest BCUT2D eigenvalue weighted by Gasteiger charge is 2.09. The van der Waals surface area contributed by atoms with Crippen molar-refractivity contribution in [1.29, 1.82) is 0 Å². The van der Waals surface area contributed by atoms with Crippen molar-refractivity contribution in [1.82, 2.24) is 0 Å². The fourth-order valence-electron chi connectivity index (χ4n) is 1.30. The second-order valence-electron chi connectivity index (χ2n) is 3.52. The average Bonchev–Trinajstić information content (AvgIpc) is 2.27. The molecule has 4 N–H and O–H groups in total. The van der Waals surface area contributed by atoms with Crippen molar-refractivity contribution in [2.45, 2.75) is 6.10 Å². The molecule has 1 unspecified atom stereocenters. The molecule has 0 aliphatic carbocycles. The van der Waals surface area contributed by atoms with Crippen LogP contribution >= 0.6 is 0 Å². The first-order valence-corrected chi connectivity index (χ1v) is 4.99. The Morgan fingerprint density at radius 1 is 1.65 bits per heavy atom. The SMILES string of the molecule is COCC(O)CNc1ccc([N+](=O)[O-])cc1N. The van der Waals surface area contributed by atoms with Crippen molar-refractivity contribution < 1.29 is 14.8 Å². The predicted octanol–water partition coefficient (Wildman–Crippen LogP) is 0.596. The number of nitro groups is 1. The summed E-state index contributed by atoms with van der Waals surface area (Å²) in [6, 6.07) is 4.12. The summed E-state index contributed by atoms with van der Waals surface area (Å²) < 4.78 is 4.76. The van der Waals surface area contributed by atoms with E-state index >= 15 is 0 Å². The van der Waals surface area contributed by atoms with E-state index in [1.807, 2.05) is 0 Å². The summed E-state index contributed by atoms with van der Waals surface area (Å²) >= 11 is 0. The quantitative estimate of drug-likeness (QED) is 0.382. The van der Waals surface area contributed by atoms with Crippen LogP contribution in [-0.4, -0.2) is 36.4 Å². The fourth-order valence-corrected chi connectivity index (χ4v) is 1.30. The number of methoxy groups -OCH3 is 1. The largest absolute Gasteiger partial charge is 0.397 e. The van der Waals surface area contributed by atoms with Gasteiger partial charge in [0.15, 0.2) is 0 Å². The van der Waals surface area contributed by atoms with Crippen molar-refractivity contribution in [2.75, 3.05) is 31.3 Å². The molecular weight excluding hydrogens is 226 g/mol. The minimum absolute atomic E-state index is 0.0644. The Labute approximate surface area is 98.3 Å². The Hall–Kier alpha value is -1.86. The van der Waals surface area contributed by atoms with Crippen LogP contribution in [0.25, 0.3) is 0 Å². The lowest BCUT2D eigenvalue weighted by atomic mass is 10.2. The number of hydrogen-bond acceptors (Lipinski definition) is 6. The van der Waals surface area contributed by atoms with E-state index < -0.39 is 11.0 Å². The molecule has 1 aromatic rings. The zero-order chi connectivity index (χ0) is 12.8. The summed E-state index contributed by atoms with van der Waals surface area (Å²) in [7, 11) is 1.49. The van der Waals surface area contributed by atoms with Crippen LogP contribution in [0.1, 0.15) is 0 Å². The van der Waals surface area contributed by atoms with E-state index in [9.17, 15) is 15.2 Å². The summed E-state index contributed by atoms with van der Waals surface area (Å²) in [6.07, 6.45) is -0.658. The number of aliphatic hydroxyl groups is 1. The number of nitrogens with zero attached hydrogens (tertiary/aromatic N) is 1. The van der Waals surface area contributed by atoms with Gasteiger partial charge < -0.3 is 20.9 Å². The molecule has 17 heavy (non-hydrogen) atoms. The van der Waals surface area contributed by atoms with Gasteiger partial charge in [0.2, 0.25) is 0 Å². The first-order valence-electron chi connectivity index (χ1n) is 4.99. The third-order valence-electron chi connectivity index (χ3n) is 2.13. The highest BCUT2D eigenvalue weighted by atomic mass is 16.6. The zero-order valence-electron chi connectivity index (χ0n) is 9.42. The number of ether oxygens (including phenoxy) is 1. The molecule has 1 aromatic carbocycles. The Kier molecular flexibility index (Phi) is 4.68. The lowest BCUT2D eigenvalue weighted by Crippen LogP contribution is -2.24. The molecule has 0 aliphatic rings. The maximum atomic E-state index is 10.5. The number of anilines is 2. The predicted molar refractivity (Wildman–Crippen MR) is 63.9 cm³/mol. The normalized spacial score (nSPS) is 12.1. The molecule has 1 rings (SSSR count). The number of nitro benzene ring substituents is 1. The van der Waals surface area contributed by atoms with Crippen LogP contribution in [0.3, 0.4) is 0 Å². The monoisotopic (exact) mass is 241 g/mol. The number of aliphatic hydroxyl groups excluding tert-OH is 1. The number of benzene rings is 1. The van der Waals surface area contributed by atoms with E-state index in [2.05, 4.69) is 5.32 Å². The molecule has 7 heteroatoms. The van der Waals surface area contributed by atoms with E-state index in [-0.39, 0.29) is 24.5 Å². The third kappa shape index (κ3) is 3.89. The molecule has 0 heterocycles. The highest BCUT2D eigenvalue weighted by molar-refractivity contribution is 5.69. The molecule has 0 spiro atoms. The summed E-state index contributed by atoms with van der Waals surface area (Å²) in [5.41, 5.74) is 6.39. The lowest BCUT2D eigenvalue weighted by Gasteiger charge is -2.13. The highest BCUT2D eigenvalue weighted by Crippen LogP contribution is 2.23. The second-order valence-corrected chi connectivity index (χ2v) is 3.52.